The molecule has 0 radical (unpaired) electrons. The lowest BCUT2D eigenvalue weighted by atomic mass is 9.70. The van der Waals surface area contributed by atoms with Gasteiger partial charge in [-0.2, -0.15) is 5.10 Å². The third-order valence-corrected chi connectivity index (χ3v) is 4.38. The Kier molecular flexibility index (Phi) is 4.75. The zero-order valence-corrected chi connectivity index (χ0v) is 12.4. The Bertz CT molecular complexity index is 448. The summed E-state index contributed by atoms with van der Waals surface area (Å²) in [5.74, 6) is 1.56. The maximum absolute atomic E-state index is 12.4. The number of rotatable bonds is 5. The van der Waals surface area contributed by atoms with Crippen LogP contribution in [0.15, 0.2) is 6.33 Å². The molecule has 1 amide bonds. The van der Waals surface area contributed by atoms with Gasteiger partial charge in [-0.05, 0) is 31.6 Å². The molecule has 6 heteroatoms. The van der Waals surface area contributed by atoms with Crippen molar-refractivity contribution in [1.82, 2.24) is 20.1 Å². The fraction of sp³-hybridized carbons (Fsp3) is 0.786. The average Bonchev–Trinajstić information content (AvgIpc) is 2.85. The van der Waals surface area contributed by atoms with Crippen LogP contribution in [0.5, 0.6) is 0 Å². The van der Waals surface area contributed by atoms with Gasteiger partial charge in [0.2, 0.25) is 5.91 Å². The van der Waals surface area contributed by atoms with Crippen LogP contribution in [0.3, 0.4) is 0 Å². The first-order chi connectivity index (χ1) is 9.55. The van der Waals surface area contributed by atoms with E-state index in [-0.39, 0.29) is 11.3 Å². The van der Waals surface area contributed by atoms with Crippen molar-refractivity contribution in [3.05, 3.63) is 12.2 Å². The second-order valence-corrected chi connectivity index (χ2v) is 6.01. The lowest BCUT2D eigenvalue weighted by Crippen LogP contribution is -2.48. The van der Waals surface area contributed by atoms with E-state index in [1.807, 2.05) is 7.05 Å². The molecule has 1 saturated carbocycles. The molecule has 3 N–H and O–H groups in total. The lowest BCUT2D eigenvalue weighted by Gasteiger charge is -2.37. The Labute approximate surface area is 120 Å². The molecule has 2 rings (SSSR count). The zero-order chi connectivity index (χ0) is 14.6. The predicted molar refractivity (Wildman–Crippen MR) is 76.8 cm³/mol. The van der Waals surface area contributed by atoms with Crippen LogP contribution in [0.25, 0.3) is 0 Å². The molecule has 0 aromatic carbocycles. The van der Waals surface area contributed by atoms with Crippen LogP contribution in [-0.4, -0.2) is 33.8 Å². The van der Waals surface area contributed by atoms with Crippen molar-refractivity contribution in [2.75, 3.05) is 13.1 Å². The fourth-order valence-electron chi connectivity index (χ4n) is 2.81. The topological polar surface area (TPSA) is 85.8 Å². The summed E-state index contributed by atoms with van der Waals surface area (Å²) < 4.78 is 1.67. The van der Waals surface area contributed by atoms with E-state index in [4.69, 9.17) is 5.73 Å². The van der Waals surface area contributed by atoms with Crippen LogP contribution in [0.2, 0.25) is 0 Å². The molecule has 1 aromatic rings. The van der Waals surface area contributed by atoms with Crippen molar-refractivity contribution in [2.24, 2.45) is 24.1 Å². The fourth-order valence-corrected chi connectivity index (χ4v) is 2.81. The van der Waals surface area contributed by atoms with E-state index >= 15 is 0 Å². The summed E-state index contributed by atoms with van der Waals surface area (Å²) in [5, 5.41) is 7.21. The molecular weight excluding hydrogens is 254 g/mol. The summed E-state index contributed by atoms with van der Waals surface area (Å²) in [4.78, 5) is 16.6. The average molecular weight is 279 g/mol. The highest BCUT2D eigenvalue weighted by atomic mass is 16.2. The number of carbonyl (C=O) groups is 1. The molecule has 20 heavy (non-hydrogen) atoms. The number of amides is 1. The van der Waals surface area contributed by atoms with Crippen LogP contribution in [-0.2, 0) is 18.3 Å². The lowest BCUT2D eigenvalue weighted by molar-refractivity contribution is -0.132. The Morgan fingerprint density at radius 2 is 2.25 bits per heavy atom. The highest BCUT2D eigenvalue weighted by Gasteiger charge is 2.39. The second-order valence-electron chi connectivity index (χ2n) is 6.01. The number of hydrogen-bond acceptors (Lipinski definition) is 4. The Hall–Kier alpha value is -1.43. The van der Waals surface area contributed by atoms with Gasteiger partial charge in [0, 0.05) is 26.6 Å². The van der Waals surface area contributed by atoms with E-state index in [1.54, 1.807) is 11.0 Å². The van der Waals surface area contributed by atoms with Gasteiger partial charge in [-0.1, -0.05) is 6.92 Å². The van der Waals surface area contributed by atoms with Gasteiger partial charge < -0.3 is 11.1 Å². The number of nitrogens with one attached hydrogen (secondary N) is 1. The maximum atomic E-state index is 12.4. The van der Waals surface area contributed by atoms with E-state index in [9.17, 15) is 4.79 Å². The van der Waals surface area contributed by atoms with Gasteiger partial charge in [-0.3, -0.25) is 9.48 Å². The van der Waals surface area contributed by atoms with E-state index in [2.05, 4.69) is 22.3 Å². The maximum Gasteiger partial charge on any atom is 0.227 e. The first-order valence-corrected chi connectivity index (χ1v) is 7.38. The summed E-state index contributed by atoms with van der Waals surface area (Å²) in [5.41, 5.74) is 5.52. The molecule has 0 aliphatic heterocycles. The molecule has 0 atom stereocenters. The second kappa shape index (κ2) is 6.35. The van der Waals surface area contributed by atoms with Crippen molar-refractivity contribution in [1.29, 1.82) is 0 Å². The molecule has 1 fully saturated rings. The minimum absolute atomic E-state index is 0.0998. The highest BCUT2D eigenvalue weighted by molar-refractivity contribution is 5.83. The van der Waals surface area contributed by atoms with Crippen LogP contribution in [0.1, 0.15) is 38.4 Å². The molecule has 0 spiro atoms. The number of carbonyl (C=O) groups excluding carboxylic acids is 1. The van der Waals surface area contributed by atoms with Crippen molar-refractivity contribution in [2.45, 2.75) is 39.0 Å². The molecule has 1 aliphatic rings. The monoisotopic (exact) mass is 279 g/mol. The van der Waals surface area contributed by atoms with Crippen LogP contribution >= 0.6 is 0 Å². The summed E-state index contributed by atoms with van der Waals surface area (Å²) in [6.07, 6.45) is 6.31. The third kappa shape index (κ3) is 3.36. The highest BCUT2D eigenvalue weighted by Crippen LogP contribution is 2.38. The first kappa shape index (κ1) is 15.0. The molecule has 1 aromatic heterocycles. The van der Waals surface area contributed by atoms with Gasteiger partial charge >= 0.3 is 0 Å². The van der Waals surface area contributed by atoms with Crippen molar-refractivity contribution in [3.63, 3.8) is 0 Å². The van der Waals surface area contributed by atoms with E-state index < -0.39 is 0 Å². The van der Waals surface area contributed by atoms with Crippen molar-refractivity contribution < 1.29 is 4.79 Å². The third-order valence-electron chi connectivity index (χ3n) is 4.38. The quantitative estimate of drug-likeness (QED) is 0.827. The van der Waals surface area contributed by atoms with Crippen LogP contribution in [0.4, 0.5) is 0 Å². The summed E-state index contributed by atoms with van der Waals surface area (Å²) in [6.45, 7) is 3.25. The molecule has 0 unspecified atom stereocenters. The Morgan fingerprint density at radius 1 is 1.55 bits per heavy atom. The minimum Gasteiger partial charge on any atom is -0.355 e. The Morgan fingerprint density at radius 3 is 2.80 bits per heavy atom. The molecule has 0 saturated heterocycles. The molecule has 6 nitrogen and oxygen atoms in total. The number of nitrogens with two attached hydrogens (primary N) is 1. The molecule has 112 valence electrons. The predicted octanol–water partition coefficient (Wildman–Crippen LogP) is 0.629. The largest absolute Gasteiger partial charge is 0.355 e. The number of nitrogens with zero attached hydrogens (tertiary/aromatic N) is 3. The van der Waals surface area contributed by atoms with Crippen LogP contribution in [0, 0.1) is 11.3 Å². The SMILES string of the molecule is CC1CCC(CN)(C(=O)NCCc2ncn(C)n2)CC1. The van der Waals surface area contributed by atoms with Gasteiger partial charge in [0.1, 0.15) is 6.33 Å². The van der Waals surface area contributed by atoms with Crippen molar-refractivity contribution in [3.8, 4) is 0 Å². The Balaban J connectivity index is 1.83. The van der Waals surface area contributed by atoms with Crippen molar-refractivity contribution >= 4 is 5.91 Å². The molecule has 1 aliphatic carbocycles. The van der Waals surface area contributed by atoms with Gasteiger partial charge in [0.15, 0.2) is 5.82 Å². The number of aryl methyl sites for hydroxylation is 1. The van der Waals surface area contributed by atoms with Gasteiger partial charge in [0.25, 0.3) is 0 Å². The van der Waals surface area contributed by atoms with Gasteiger partial charge in [0.05, 0.1) is 5.41 Å². The summed E-state index contributed by atoms with van der Waals surface area (Å²) >= 11 is 0. The van der Waals surface area contributed by atoms with E-state index in [1.165, 1.54) is 0 Å². The van der Waals surface area contributed by atoms with Gasteiger partial charge in [-0.25, -0.2) is 4.98 Å². The van der Waals surface area contributed by atoms with Gasteiger partial charge in [-0.15, -0.1) is 0 Å². The summed E-state index contributed by atoms with van der Waals surface area (Å²) in [7, 11) is 1.84. The van der Waals surface area contributed by atoms with Crippen LogP contribution < -0.4 is 11.1 Å². The summed E-state index contributed by atoms with van der Waals surface area (Å²) in [6, 6.07) is 0. The van der Waals surface area contributed by atoms with E-state index in [0.29, 0.717) is 25.4 Å². The zero-order valence-electron chi connectivity index (χ0n) is 12.4. The normalized spacial score (nSPS) is 26.4. The number of hydrogen-bond donors (Lipinski definition) is 2. The standard InChI is InChI=1S/C14H25N5O/c1-11-3-6-14(9-15,7-4-11)13(20)16-8-5-12-17-10-19(2)18-12/h10-11H,3-9,15H2,1-2H3,(H,16,20). The smallest absolute Gasteiger partial charge is 0.227 e. The molecule has 0 bridgehead atoms. The number of aromatic nitrogens is 3. The molecular formula is C14H25N5O. The molecule has 1 heterocycles. The van der Waals surface area contributed by atoms with E-state index in [0.717, 1.165) is 31.5 Å². The minimum atomic E-state index is -0.357. The first-order valence-electron chi connectivity index (χ1n) is 7.38.